The smallest absolute Gasteiger partial charge is 0.388 e. The first-order chi connectivity index (χ1) is 7.29. The van der Waals surface area contributed by atoms with Crippen LogP contribution in [-0.2, 0) is 0 Å². The Kier molecular flexibility index (Phi) is 4.91. The monoisotopic (exact) mass is 292 g/mol. The van der Waals surface area contributed by atoms with E-state index in [4.69, 9.17) is 23.2 Å². The normalized spacial score (nSPS) is 14.1. The van der Waals surface area contributed by atoms with Crippen LogP contribution in [0.1, 0.15) is 30.9 Å². The Morgan fingerprint density at radius 2 is 2.00 bits per heavy atom. The number of halogens is 5. The van der Waals surface area contributed by atoms with Crippen molar-refractivity contribution in [3.63, 3.8) is 0 Å². The maximum atomic E-state index is 11.9. The number of aliphatic hydroxyl groups is 1. The molecule has 16 heavy (non-hydrogen) atoms. The van der Waals surface area contributed by atoms with Crippen molar-refractivity contribution in [3.8, 4) is 0 Å². The molecule has 1 nitrogen and oxygen atoms in total. The minimum absolute atomic E-state index is 0.0201. The summed E-state index contributed by atoms with van der Waals surface area (Å²) in [6.45, 7) is 0. The molecular weight excluding hydrogens is 284 g/mol. The van der Waals surface area contributed by atoms with Crippen LogP contribution in [0.3, 0.4) is 0 Å². The van der Waals surface area contributed by atoms with Crippen LogP contribution in [0.15, 0.2) is 6.07 Å². The average Bonchev–Trinajstić information content (AvgIpc) is 2.43. The van der Waals surface area contributed by atoms with Crippen LogP contribution in [0, 0.1) is 0 Å². The zero-order chi connectivity index (χ0) is 12.3. The molecule has 0 fully saturated rings. The maximum absolute atomic E-state index is 11.9. The van der Waals surface area contributed by atoms with Crippen LogP contribution in [0.2, 0.25) is 8.67 Å². The summed E-state index contributed by atoms with van der Waals surface area (Å²) in [6, 6.07) is 1.48. The minimum atomic E-state index is -4.18. The first kappa shape index (κ1) is 14.1. The van der Waals surface area contributed by atoms with E-state index in [1.807, 2.05) is 0 Å². The van der Waals surface area contributed by atoms with E-state index in [0.717, 1.165) is 11.3 Å². The molecule has 0 aliphatic rings. The van der Waals surface area contributed by atoms with Gasteiger partial charge < -0.3 is 5.11 Å². The van der Waals surface area contributed by atoms with Gasteiger partial charge in [0, 0.05) is 12.0 Å². The summed E-state index contributed by atoms with van der Waals surface area (Å²) in [5.74, 6) is 0. The van der Waals surface area contributed by atoms with Gasteiger partial charge in [0.1, 0.15) is 4.34 Å². The average molecular weight is 293 g/mol. The molecule has 0 aliphatic carbocycles. The standard InChI is InChI=1S/C9H9Cl2F3OS/c10-7-4-5(8(11)16-7)6(15)2-1-3-9(12,13)14/h4,6,15H,1-3H2. The zero-order valence-corrected chi connectivity index (χ0v) is 10.3. The Bertz CT molecular complexity index is 351. The molecule has 1 heterocycles. The Morgan fingerprint density at radius 1 is 1.38 bits per heavy atom. The highest BCUT2D eigenvalue weighted by Gasteiger charge is 2.27. The SMILES string of the molecule is OC(CCCC(F)(F)F)c1cc(Cl)sc1Cl. The second-order valence-corrected chi connectivity index (χ2v) is 5.59. The Labute approximate surface area is 105 Å². The van der Waals surface area contributed by atoms with Gasteiger partial charge in [-0.1, -0.05) is 23.2 Å². The van der Waals surface area contributed by atoms with Crippen LogP contribution in [-0.4, -0.2) is 11.3 Å². The second-order valence-electron chi connectivity index (χ2n) is 3.30. The highest BCUT2D eigenvalue weighted by atomic mass is 35.5. The van der Waals surface area contributed by atoms with Crippen molar-refractivity contribution in [1.29, 1.82) is 0 Å². The fourth-order valence-corrected chi connectivity index (χ4v) is 2.80. The van der Waals surface area contributed by atoms with Crippen molar-refractivity contribution < 1.29 is 18.3 Å². The minimum Gasteiger partial charge on any atom is -0.388 e. The van der Waals surface area contributed by atoms with Gasteiger partial charge in [0.2, 0.25) is 0 Å². The third-order valence-electron chi connectivity index (χ3n) is 1.98. The molecule has 7 heteroatoms. The number of alkyl halides is 3. The first-order valence-corrected chi connectivity index (χ1v) is 6.06. The van der Waals surface area contributed by atoms with Gasteiger partial charge >= 0.3 is 6.18 Å². The molecular formula is C9H9Cl2F3OS. The van der Waals surface area contributed by atoms with Crippen LogP contribution in [0.5, 0.6) is 0 Å². The van der Waals surface area contributed by atoms with Gasteiger partial charge in [-0.05, 0) is 18.9 Å². The molecule has 0 spiro atoms. The molecule has 1 N–H and O–H groups in total. The lowest BCUT2D eigenvalue weighted by atomic mass is 10.1. The fraction of sp³-hybridized carbons (Fsp3) is 0.556. The van der Waals surface area contributed by atoms with E-state index in [9.17, 15) is 18.3 Å². The van der Waals surface area contributed by atoms with Gasteiger partial charge in [0.25, 0.3) is 0 Å². The van der Waals surface area contributed by atoms with E-state index in [0.29, 0.717) is 14.2 Å². The molecule has 0 saturated carbocycles. The highest BCUT2D eigenvalue weighted by molar-refractivity contribution is 7.20. The number of hydrogen-bond donors (Lipinski definition) is 1. The summed E-state index contributed by atoms with van der Waals surface area (Å²) < 4.78 is 36.3. The quantitative estimate of drug-likeness (QED) is 0.843. The van der Waals surface area contributed by atoms with Crippen molar-refractivity contribution in [2.45, 2.75) is 31.5 Å². The molecule has 0 bridgehead atoms. The molecule has 0 saturated heterocycles. The van der Waals surface area contributed by atoms with Crippen LogP contribution in [0.25, 0.3) is 0 Å². The molecule has 1 aromatic rings. The third kappa shape index (κ3) is 4.49. The largest absolute Gasteiger partial charge is 0.389 e. The van der Waals surface area contributed by atoms with Crippen molar-refractivity contribution >= 4 is 34.5 Å². The molecule has 1 atom stereocenters. The van der Waals surface area contributed by atoms with E-state index in [2.05, 4.69) is 0 Å². The zero-order valence-electron chi connectivity index (χ0n) is 8.02. The lowest BCUT2D eigenvalue weighted by molar-refractivity contribution is -0.136. The number of rotatable bonds is 4. The summed E-state index contributed by atoms with van der Waals surface area (Å²) in [6.07, 6.45) is -6.19. The first-order valence-electron chi connectivity index (χ1n) is 4.49. The predicted molar refractivity (Wildman–Crippen MR) is 59.2 cm³/mol. The summed E-state index contributed by atoms with van der Waals surface area (Å²) in [5.41, 5.74) is 0.402. The molecule has 0 aromatic carbocycles. The molecule has 92 valence electrons. The summed E-state index contributed by atoms with van der Waals surface area (Å²) >= 11 is 12.5. The summed E-state index contributed by atoms with van der Waals surface area (Å²) in [7, 11) is 0. The van der Waals surface area contributed by atoms with E-state index < -0.39 is 18.7 Å². The van der Waals surface area contributed by atoms with Crippen molar-refractivity contribution in [1.82, 2.24) is 0 Å². The van der Waals surface area contributed by atoms with Crippen molar-refractivity contribution in [2.24, 2.45) is 0 Å². The fourth-order valence-electron chi connectivity index (χ4n) is 1.23. The third-order valence-corrected chi connectivity index (χ3v) is 3.50. The Hall–Kier alpha value is 0.0300. The molecule has 0 radical (unpaired) electrons. The van der Waals surface area contributed by atoms with Gasteiger partial charge in [-0.15, -0.1) is 11.3 Å². The molecule has 0 aliphatic heterocycles. The van der Waals surface area contributed by atoms with Crippen molar-refractivity contribution in [3.05, 3.63) is 20.3 Å². The summed E-state index contributed by atoms with van der Waals surface area (Å²) in [5, 5.41) is 9.61. The van der Waals surface area contributed by atoms with E-state index in [1.165, 1.54) is 6.07 Å². The molecule has 0 amide bonds. The maximum Gasteiger partial charge on any atom is 0.389 e. The Morgan fingerprint density at radius 3 is 2.44 bits per heavy atom. The lowest BCUT2D eigenvalue weighted by Crippen LogP contribution is -2.07. The van der Waals surface area contributed by atoms with Gasteiger partial charge in [0.15, 0.2) is 0 Å². The summed E-state index contributed by atoms with van der Waals surface area (Å²) in [4.78, 5) is 0. The van der Waals surface area contributed by atoms with Gasteiger partial charge in [-0.3, -0.25) is 0 Å². The predicted octanol–water partition coefficient (Wildman–Crippen LogP) is 4.82. The van der Waals surface area contributed by atoms with Crippen LogP contribution >= 0.6 is 34.5 Å². The molecule has 1 aromatic heterocycles. The highest BCUT2D eigenvalue weighted by Crippen LogP contribution is 2.37. The molecule has 1 unspecified atom stereocenters. The van der Waals surface area contributed by atoms with Crippen LogP contribution in [0.4, 0.5) is 13.2 Å². The second kappa shape index (κ2) is 5.58. The van der Waals surface area contributed by atoms with E-state index >= 15 is 0 Å². The molecule has 1 rings (SSSR count). The van der Waals surface area contributed by atoms with Gasteiger partial charge in [0.05, 0.1) is 10.4 Å². The number of thiophene rings is 1. The number of aliphatic hydroxyl groups excluding tert-OH is 1. The van der Waals surface area contributed by atoms with Gasteiger partial charge in [-0.25, -0.2) is 0 Å². The lowest BCUT2D eigenvalue weighted by Gasteiger charge is -2.10. The topological polar surface area (TPSA) is 20.2 Å². The van der Waals surface area contributed by atoms with Crippen molar-refractivity contribution in [2.75, 3.05) is 0 Å². The Balaban J connectivity index is 2.47. The van der Waals surface area contributed by atoms with E-state index in [-0.39, 0.29) is 12.8 Å². The number of hydrogen-bond acceptors (Lipinski definition) is 2. The van der Waals surface area contributed by atoms with E-state index in [1.54, 1.807) is 0 Å². The van der Waals surface area contributed by atoms with Crippen LogP contribution < -0.4 is 0 Å². The van der Waals surface area contributed by atoms with Gasteiger partial charge in [-0.2, -0.15) is 13.2 Å².